The summed E-state index contributed by atoms with van der Waals surface area (Å²) in [6.07, 6.45) is 4.85. The fraction of sp³-hybridized carbons (Fsp3) is 0.333. The van der Waals surface area contributed by atoms with Gasteiger partial charge in [-0.25, -0.2) is 23.1 Å². The Bertz CT molecular complexity index is 1210. The minimum absolute atomic E-state index is 0.0153. The average molecular weight is 441 g/mol. The molecule has 0 unspecified atom stereocenters. The molecule has 1 aliphatic carbocycles. The Morgan fingerprint density at radius 2 is 1.81 bits per heavy atom. The summed E-state index contributed by atoms with van der Waals surface area (Å²) in [5, 5.41) is 7.38. The fourth-order valence-corrected chi connectivity index (χ4v) is 4.22. The number of nitrogens with one attached hydrogen (secondary N) is 2. The topological polar surface area (TPSA) is 119 Å². The monoisotopic (exact) mass is 440 g/mol. The Balaban J connectivity index is 1.64. The van der Waals surface area contributed by atoms with Gasteiger partial charge in [0.2, 0.25) is 10.0 Å². The average Bonchev–Trinajstić information content (AvgIpc) is 3.42. The zero-order chi connectivity index (χ0) is 22.2. The third-order valence-corrected chi connectivity index (χ3v) is 6.28. The van der Waals surface area contributed by atoms with Crippen molar-refractivity contribution < 1.29 is 13.2 Å². The predicted octanol–water partition coefficient (Wildman–Crippen LogP) is 2.65. The number of benzene rings is 1. The largest absolute Gasteiger partial charge is 0.306 e. The summed E-state index contributed by atoms with van der Waals surface area (Å²) in [6.45, 7) is 6.04. The third-order valence-electron chi connectivity index (χ3n) is 4.77. The Hall–Kier alpha value is -3.11. The molecule has 2 aromatic heterocycles. The van der Waals surface area contributed by atoms with Crippen LogP contribution in [0.5, 0.6) is 0 Å². The van der Waals surface area contributed by atoms with Crippen LogP contribution in [-0.4, -0.2) is 40.1 Å². The standard InChI is InChI=1S/C21H24N6O3S/c1-21(2,3)17-13-18(27(25-17)20-22-10-5-11-23-20)24-19(28)14-6-4-7-16(12-14)31(29,30)26-15-8-9-15/h4-7,10-13,15,26H,8-9H2,1-3H3,(H,24,28). The molecule has 31 heavy (non-hydrogen) atoms. The normalized spacial score (nSPS) is 14.4. The Labute approximate surface area is 181 Å². The van der Waals surface area contributed by atoms with Crippen LogP contribution < -0.4 is 10.0 Å². The summed E-state index contributed by atoms with van der Waals surface area (Å²) in [5.74, 6) is 0.254. The summed E-state index contributed by atoms with van der Waals surface area (Å²) >= 11 is 0. The van der Waals surface area contributed by atoms with E-state index in [-0.39, 0.29) is 21.9 Å². The maximum absolute atomic E-state index is 13.0. The molecule has 2 N–H and O–H groups in total. The molecule has 162 valence electrons. The van der Waals surface area contributed by atoms with Gasteiger partial charge in [-0.1, -0.05) is 26.8 Å². The van der Waals surface area contributed by atoms with Crippen LogP contribution in [0.1, 0.15) is 49.7 Å². The number of aromatic nitrogens is 4. The van der Waals surface area contributed by atoms with Gasteiger partial charge < -0.3 is 5.32 Å². The smallest absolute Gasteiger partial charge is 0.256 e. The van der Waals surface area contributed by atoms with E-state index in [4.69, 9.17) is 0 Å². The first kappa shape index (κ1) is 21.1. The minimum atomic E-state index is -3.66. The molecule has 0 saturated heterocycles. The number of nitrogens with zero attached hydrogens (tertiary/aromatic N) is 4. The van der Waals surface area contributed by atoms with E-state index in [1.165, 1.54) is 16.8 Å². The Morgan fingerprint density at radius 1 is 1.10 bits per heavy atom. The van der Waals surface area contributed by atoms with Crippen molar-refractivity contribution in [2.45, 2.75) is 50.0 Å². The first-order valence-electron chi connectivity index (χ1n) is 9.95. The van der Waals surface area contributed by atoms with Gasteiger partial charge in [0.15, 0.2) is 0 Å². The zero-order valence-electron chi connectivity index (χ0n) is 17.5. The van der Waals surface area contributed by atoms with E-state index in [2.05, 4.69) is 25.1 Å². The van der Waals surface area contributed by atoms with Gasteiger partial charge >= 0.3 is 0 Å². The van der Waals surface area contributed by atoms with Crippen molar-refractivity contribution in [3.05, 3.63) is 60.0 Å². The van der Waals surface area contributed by atoms with Crippen molar-refractivity contribution in [1.82, 2.24) is 24.5 Å². The summed E-state index contributed by atoms with van der Waals surface area (Å²) in [5.41, 5.74) is 0.708. The summed E-state index contributed by atoms with van der Waals surface area (Å²) in [6, 6.07) is 9.40. The highest BCUT2D eigenvalue weighted by molar-refractivity contribution is 7.89. The van der Waals surface area contributed by atoms with Crippen molar-refractivity contribution in [3.63, 3.8) is 0 Å². The van der Waals surface area contributed by atoms with Gasteiger partial charge in [-0.2, -0.15) is 9.78 Å². The van der Waals surface area contributed by atoms with Crippen molar-refractivity contribution in [2.24, 2.45) is 0 Å². The maximum atomic E-state index is 13.0. The highest BCUT2D eigenvalue weighted by atomic mass is 32.2. The minimum Gasteiger partial charge on any atom is -0.306 e. The first-order valence-corrected chi connectivity index (χ1v) is 11.4. The quantitative estimate of drug-likeness (QED) is 0.608. The van der Waals surface area contributed by atoms with Gasteiger partial charge in [-0.15, -0.1) is 0 Å². The molecule has 10 heteroatoms. The summed E-state index contributed by atoms with van der Waals surface area (Å²) in [4.78, 5) is 21.5. The number of carbonyl (C=O) groups is 1. The first-order chi connectivity index (χ1) is 14.6. The molecule has 2 heterocycles. The lowest BCUT2D eigenvalue weighted by atomic mass is 9.92. The molecule has 9 nitrogen and oxygen atoms in total. The second kappa shape index (κ2) is 7.86. The van der Waals surface area contributed by atoms with Gasteiger partial charge in [0.1, 0.15) is 5.82 Å². The maximum Gasteiger partial charge on any atom is 0.256 e. The van der Waals surface area contributed by atoms with Crippen molar-refractivity contribution in [1.29, 1.82) is 0 Å². The molecule has 1 aromatic carbocycles. The Kier molecular flexibility index (Phi) is 5.36. The lowest BCUT2D eigenvalue weighted by Crippen LogP contribution is -2.26. The molecule has 1 aliphatic rings. The highest BCUT2D eigenvalue weighted by Crippen LogP contribution is 2.26. The highest BCUT2D eigenvalue weighted by Gasteiger charge is 2.28. The van der Waals surface area contributed by atoms with E-state index in [0.29, 0.717) is 11.8 Å². The van der Waals surface area contributed by atoms with Gasteiger partial charge in [0.05, 0.1) is 10.6 Å². The molecule has 3 aromatic rings. The van der Waals surface area contributed by atoms with Crippen molar-refractivity contribution in [3.8, 4) is 5.95 Å². The van der Waals surface area contributed by atoms with Crippen LogP contribution >= 0.6 is 0 Å². The fourth-order valence-electron chi connectivity index (χ4n) is 2.87. The number of anilines is 1. The van der Waals surface area contributed by atoms with Gasteiger partial charge in [-0.3, -0.25) is 4.79 Å². The number of carbonyl (C=O) groups excluding carboxylic acids is 1. The molecule has 1 amide bonds. The summed E-state index contributed by atoms with van der Waals surface area (Å²) in [7, 11) is -3.66. The van der Waals surface area contributed by atoms with Crippen LogP contribution in [0.4, 0.5) is 5.82 Å². The molecule has 0 atom stereocenters. The second-order valence-corrected chi connectivity index (χ2v) is 10.2. The van der Waals surface area contributed by atoms with Gasteiger partial charge in [0, 0.05) is 35.5 Å². The molecule has 0 radical (unpaired) electrons. The summed E-state index contributed by atoms with van der Waals surface area (Å²) < 4.78 is 29.1. The van der Waals surface area contributed by atoms with Crippen LogP contribution in [0.2, 0.25) is 0 Å². The molecule has 0 spiro atoms. The number of sulfonamides is 1. The van der Waals surface area contributed by atoms with E-state index in [1.54, 1.807) is 36.7 Å². The molecule has 0 aliphatic heterocycles. The van der Waals surface area contributed by atoms with Gasteiger partial charge in [-0.05, 0) is 37.1 Å². The van der Waals surface area contributed by atoms with E-state index in [9.17, 15) is 13.2 Å². The molecule has 1 fully saturated rings. The van der Waals surface area contributed by atoms with E-state index >= 15 is 0 Å². The van der Waals surface area contributed by atoms with Crippen molar-refractivity contribution >= 4 is 21.7 Å². The zero-order valence-corrected chi connectivity index (χ0v) is 18.3. The Morgan fingerprint density at radius 3 is 2.45 bits per heavy atom. The number of amides is 1. The van der Waals surface area contributed by atoms with E-state index in [1.807, 2.05) is 20.8 Å². The number of hydrogen-bond donors (Lipinski definition) is 2. The van der Waals surface area contributed by atoms with Crippen LogP contribution in [0.15, 0.2) is 53.7 Å². The molecule has 0 bridgehead atoms. The predicted molar refractivity (Wildman–Crippen MR) is 116 cm³/mol. The molecule has 4 rings (SSSR count). The number of rotatable bonds is 6. The van der Waals surface area contributed by atoms with Crippen molar-refractivity contribution in [2.75, 3.05) is 5.32 Å². The molecular weight excluding hydrogens is 416 g/mol. The molecular formula is C21H24N6O3S. The molecule has 1 saturated carbocycles. The van der Waals surface area contributed by atoms with Crippen LogP contribution in [0, 0.1) is 0 Å². The second-order valence-electron chi connectivity index (χ2n) is 8.50. The SMILES string of the molecule is CC(C)(C)c1cc(NC(=O)c2cccc(S(=O)(=O)NC3CC3)c2)n(-c2ncccn2)n1. The van der Waals surface area contributed by atoms with Crippen LogP contribution in [-0.2, 0) is 15.4 Å². The van der Waals surface area contributed by atoms with E-state index in [0.717, 1.165) is 18.5 Å². The van der Waals surface area contributed by atoms with Gasteiger partial charge in [0.25, 0.3) is 11.9 Å². The lowest BCUT2D eigenvalue weighted by molar-refractivity contribution is 0.102. The van der Waals surface area contributed by atoms with E-state index < -0.39 is 15.9 Å². The van der Waals surface area contributed by atoms with Crippen LogP contribution in [0.25, 0.3) is 5.95 Å². The number of hydrogen-bond acceptors (Lipinski definition) is 6. The van der Waals surface area contributed by atoms with Crippen LogP contribution in [0.3, 0.4) is 0 Å². The third kappa shape index (κ3) is 4.80. The lowest BCUT2D eigenvalue weighted by Gasteiger charge is -2.13.